The van der Waals surface area contributed by atoms with E-state index < -0.39 is 24.1 Å². The molecule has 0 bridgehead atoms. The highest BCUT2D eigenvalue weighted by molar-refractivity contribution is 7.80. The molecule has 1 aromatic carbocycles. The molecule has 30 heavy (non-hydrogen) atoms. The number of rotatable bonds is 6. The number of amides is 2. The molecule has 2 heterocycles. The number of hydrazone groups is 1. The highest BCUT2D eigenvalue weighted by Crippen LogP contribution is 2.36. The van der Waals surface area contributed by atoms with Gasteiger partial charge in [-0.3, -0.25) is 20.1 Å². The fourth-order valence-corrected chi connectivity index (χ4v) is 3.03. The number of carbonyl (C=O) groups is 2. The lowest BCUT2D eigenvalue weighted by Gasteiger charge is -2.24. The van der Waals surface area contributed by atoms with Crippen molar-refractivity contribution in [3.8, 4) is 0 Å². The van der Waals surface area contributed by atoms with E-state index in [1.165, 1.54) is 36.2 Å². The largest absolute Gasteiger partial charge is 0.441 e. The average molecular weight is 430 g/mol. The first kappa shape index (κ1) is 21.1. The van der Waals surface area contributed by atoms with Gasteiger partial charge in [-0.1, -0.05) is 6.07 Å². The molecule has 1 aromatic heterocycles. The quantitative estimate of drug-likeness (QED) is 0.361. The monoisotopic (exact) mass is 430 g/mol. The predicted octanol–water partition coefficient (Wildman–Crippen LogP) is 1.59. The van der Waals surface area contributed by atoms with Crippen LogP contribution in [0.1, 0.15) is 24.2 Å². The molecule has 2 atom stereocenters. The Bertz CT molecular complexity index is 984. The van der Waals surface area contributed by atoms with Gasteiger partial charge in [0.2, 0.25) is 5.91 Å². The minimum absolute atomic E-state index is 0.0315. The smallest absolute Gasteiger partial charge is 0.415 e. The number of thiocarbonyl (C=S) groups is 1. The minimum atomic E-state index is -0.715. The lowest BCUT2D eigenvalue weighted by Crippen LogP contribution is -2.36. The number of pyridine rings is 1. The number of aromatic nitrogens is 1. The Morgan fingerprint density at radius 2 is 2.23 bits per heavy atom. The Balaban J connectivity index is 1.92. The molecule has 4 N–H and O–H groups in total. The maximum atomic E-state index is 13.8. The first-order chi connectivity index (χ1) is 14.3. The number of hydrogen-bond donors (Lipinski definition) is 3. The van der Waals surface area contributed by atoms with Crippen molar-refractivity contribution in [2.45, 2.75) is 19.1 Å². The normalized spacial score (nSPS) is 18.3. The summed E-state index contributed by atoms with van der Waals surface area (Å²) in [6, 6.07) is 8.36. The molecule has 2 amide bonds. The Morgan fingerprint density at radius 1 is 1.43 bits per heavy atom. The van der Waals surface area contributed by atoms with Crippen LogP contribution in [-0.4, -0.2) is 41.0 Å². The Hall–Kier alpha value is -3.60. The van der Waals surface area contributed by atoms with Gasteiger partial charge in [0.05, 0.1) is 24.1 Å². The zero-order chi connectivity index (χ0) is 21.7. The SMILES string of the molecule is CC(=O)NCC1OC(=O)N(c2cccc(F)c2)C1c1ccc(C=NNC(N)=S)cn1. The number of carbonyl (C=O) groups excluding carboxylic acids is 2. The number of nitrogens with one attached hydrogen (secondary N) is 2. The topological polar surface area (TPSA) is 122 Å². The number of hydrogen-bond acceptors (Lipinski definition) is 6. The second-order valence-corrected chi connectivity index (χ2v) is 6.84. The summed E-state index contributed by atoms with van der Waals surface area (Å²) in [6.07, 6.45) is 1.65. The molecule has 156 valence electrons. The summed E-state index contributed by atoms with van der Waals surface area (Å²) >= 11 is 4.67. The van der Waals surface area contributed by atoms with Crippen LogP contribution in [0.4, 0.5) is 14.9 Å². The van der Waals surface area contributed by atoms with Crippen LogP contribution in [0.15, 0.2) is 47.7 Å². The molecule has 2 unspecified atom stereocenters. The van der Waals surface area contributed by atoms with Crippen molar-refractivity contribution in [2.75, 3.05) is 11.4 Å². The van der Waals surface area contributed by atoms with Crippen molar-refractivity contribution in [3.05, 3.63) is 59.7 Å². The molecule has 0 spiro atoms. The third-order valence-corrected chi connectivity index (χ3v) is 4.31. The van der Waals surface area contributed by atoms with Crippen LogP contribution in [0.5, 0.6) is 0 Å². The number of benzene rings is 1. The van der Waals surface area contributed by atoms with Gasteiger partial charge in [0, 0.05) is 18.7 Å². The van der Waals surface area contributed by atoms with Crippen LogP contribution >= 0.6 is 12.2 Å². The standard InChI is InChI=1S/C19H19FN6O3S/c1-11(27)22-10-16-17(15-6-5-12(8-23-15)9-24-25-18(21)30)26(19(28)29-16)14-4-2-3-13(20)7-14/h2-9,16-17H,10H2,1H3,(H,22,27)(H3,21,25,30). The molecule has 2 aromatic rings. The highest BCUT2D eigenvalue weighted by Gasteiger charge is 2.44. The van der Waals surface area contributed by atoms with Crippen LogP contribution in [0.2, 0.25) is 0 Å². The zero-order valence-electron chi connectivity index (χ0n) is 15.9. The summed E-state index contributed by atoms with van der Waals surface area (Å²) in [4.78, 5) is 29.7. The van der Waals surface area contributed by atoms with Crippen LogP contribution in [0.3, 0.4) is 0 Å². The molecule has 1 aliphatic heterocycles. The van der Waals surface area contributed by atoms with Crippen LogP contribution in [0.25, 0.3) is 0 Å². The van der Waals surface area contributed by atoms with E-state index in [0.717, 1.165) is 0 Å². The number of halogens is 1. The molecule has 0 radical (unpaired) electrons. The number of cyclic esters (lactones) is 1. The third kappa shape index (κ3) is 5.06. The minimum Gasteiger partial charge on any atom is -0.441 e. The zero-order valence-corrected chi connectivity index (χ0v) is 16.7. The highest BCUT2D eigenvalue weighted by atomic mass is 32.1. The molecule has 9 nitrogen and oxygen atoms in total. The second-order valence-electron chi connectivity index (χ2n) is 6.40. The van der Waals surface area contributed by atoms with Crippen molar-refractivity contribution < 1.29 is 18.7 Å². The van der Waals surface area contributed by atoms with Crippen LogP contribution < -0.4 is 21.4 Å². The molecule has 0 saturated carbocycles. The Kier molecular flexibility index (Phi) is 6.52. The van der Waals surface area contributed by atoms with Gasteiger partial charge in [-0.05, 0) is 42.5 Å². The van der Waals surface area contributed by atoms with Crippen molar-refractivity contribution in [3.63, 3.8) is 0 Å². The van der Waals surface area contributed by atoms with E-state index in [4.69, 9.17) is 10.5 Å². The molecule has 1 fully saturated rings. The van der Waals surface area contributed by atoms with Gasteiger partial charge < -0.3 is 15.8 Å². The molecular weight excluding hydrogens is 411 g/mol. The van der Waals surface area contributed by atoms with Crippen molar-refractivity contribution >= 4 is 41.2 Å². The number of nitrogens with zero attached hydrogens (tertiary/aromatic N) is 3. The predicted molar refractivity (Wildman–Crippen MR) is 112 cm³/mol. The molecule has 1 aliphatic rings. The fraction of sp³-hybridized carbons (Fsp3) is 0.211. The summed E-state index contributed by atoms with van der Waals surface area (Å²) < 4.78 is 19.2. The third-order valence-electron chi connectivity index (χ3n) is 4.22. The van der Waals surface area contributed by atoms with Gasteiger partial charge in [-0.15, -0.1) is 0 Å². The Labute approximate surface area is 177 Å². The first-order valence-electron chi connectivity index (χ1n) is 8.89. The molecule has 11 heteroatoms. The van der Waals surface area contributed by atoms with Crippen molar-refractivity contribution in [1.82, 2.24) is 15.7 Å². The second kappa shape index (κ2) is 9.27. The van der Waals surface area contributed by atoms with E-state index in [1.54, 1.807) is 24.4 Å². The first-order valence-corrected chi connectivity index (χ1v) is 9.30. The van der Waals surface area contributed by atoms with E-state index in [0.29, 0.717) is 16.9 Å². The van der Waals surface area contributed by atoms with Gasteiger partial charge in [0.25, 0.3) is 0 Å². The van der Waals surface area contributed by atoms with E-state index in [-0.39, 0.29) is 17.6 Å². The molecule has 3 rings (SSSR count). The van der Waals surface area contributed by atoms with Gasteiger partial charge in [-0.25, -0.2) is 9.18 Å². The maximum Gasteiger partial charge on any atom is 0.415 e. The number of ether oxygens (including phenoxy) is 1. The van der Waals surface area contributed by atoms with E-state index in [2.05, 4.69) is 33.0 Å². The van der Waals surface area contributed by atoms with E-state index in [1.807, 2.05) is 0 Å². The fourth-order valence-electron chi connectivity index (χ4n) is 2.98. The van der Waals surface area contributed by atoms with E-state index >= 15 is 0 Å². The lowest BCUT2D eigenvalue weighted by molar-refractivity contribution is -0.119. The molecular formula is C19H19FN6O3S. The van der Waals surface area contributed by atoms with Crippen molar-refractivity contribution in [1.29, 1.82) is 0 Å². The summed E-state index contributed by atoms with van der Waals surface area (Å²) in [5.74, 6) is -0.756. The number of nitrogens with two attached hydrogens (primary N) is 1. The molecule has 0 aliphatic carbocycles. The average Bonchev–Trinajstić information content (AvgIpc) is 3.03. The molecule has 1 saturated heterocycles. The van der Waals surface area contributed by atoms with Crippen LogP contribution in [-0.2, 0) is 9.53 Å². The number of anilines is 1. The van der Waals surface area contributed by atoms with E-state index in [9.17, 15) is 14.0 Å². The van der Waals surface area contributed by atoms with Gasteiger partial charge in [0.1, 0.15) is 18.0 Å². The van der Waals surface area contributed by atoms with Gasteiger partial charge in [0.15, 0.2) is 5.11 Å². The van der Waals surface area contributed by atoms with Crippen LogP contribution in [0, 0.1) is 5.82 Å². The maximum absolute atomic E-state index is 13.8. The van der Waals surface area contributed by atoms with Gasteiger partial charge >= 0.3 is 6.09 Å². The summed E-state index contributed by atoms with van der Waals surface area (Å²) in [5, 5.41) is 6.53. The Morgan fingerprint density at radius 3 is 2.87 bits per heavy atom. The van der Waals surface area contributed by atoms with Crippen molar-refractivity contribution in [2.24, 2.45) is 10.8 Å². The summed E-state index contributed by atoms with van der Waals surface area (Å²) in [5.41, 5.74) is 9.22. The summed E-state index contributed by atoms with van der Waals surface area (Å²) in [7, 11) is 0. The lowest BCUT2D eigenvalue weighted by atomic mass is 10.0. The van der Waals surface area contributed by atoms with Gasteiger partial charge in [-0.2, -0.15) is 5.10 Å². The summed E-state index contributed by atoms with van der Waals surface area (Å²) in [6.45, 7) is 1.45.